The number of furan rings is 1. The largest absolute Gasteiger partial charge is 0.482 e. The minimum absolute atomic E-state index is 0.0319. The Balaban J connectivity index is 1.68. The molecule has 7 heteroatoms. The van der Waals surface area contributed by atoms with Gasteiger partial charge in [0.15, 0.2) is 6.61 Å². The number of benzene rings is 2. The Morgan fingerprint density at radius 2 is 1.78 bits per heavy atom. The molecule has 0 atom stereocenters. The molecule has 0 radical (unpaired) electrons. The van der Waals surface area contributed by atoms with E-state index in [2.05, 4.69) is 0 Å². The van der Waals surface area contributed by atoms with E-state index in [0.717, 1.165) is 0 Å². The van der Waals surface area contributed by atoms with Gasteiger partial charge in [0, 0.05) is 10.4 Å². The maximum Gasteiger partial charge on any atom is 0.374 e. The van der Waals surface area contributed by atoms with Crippen LogP contribution in [0.25, 0.3) is 11.0 Å². The molecule has 3 rings (SSSR count). The molecular weight excluding hydrogens is 372 g/mol. The lowest BCUT2D eigenvalue weighted by Gasteiger charge is -2.07. The molecule has 140 valence electrons. The van der Waals surface area contributed by atoms with Gasteiger partial charge in [-0.25, -0.2) is 9.59 Å². The molecule has 27 heavy (non-hydrogen) atoms. The highest BCUT2D eigenvalue weighted by molar-refractivity contribution is 6.30. The minimum Gasteiger partial charge on any atom is -0.482 e. The fraction of sp³-hybridized carbons (Fsp3) is 0.200. The molecule has 0 amide bonds. The molecule has 1 heterocycles. The second kappa shape index (κ2) is 8.60. The Labute approximate surface area is 160 Å². The van der Waals surface area contributed by atoms with Gasteiger partial charge in [0.25, 0.3) is 0 Å². The number of halogens is 1. The van der Waals surface area contributed by atoms with Crippen LogP contribution in [0.4, 0.5) is 0 Å². The van der Waals surface area contributed by atoms with Gasteiger partial charge >= 0.3 is 11.9 Å². The predicted molar refractivity (Wildman–Crippen MR) is 98.9 cm³/mol. The number of fused-ring (bicyclic) bond motifs is 1. The van der Waals surface area contributed by atoms with Gasteiger partial charge in [0.1, 0.15) is 17.9 Å². The summed E-state index contributed by atoms with van der Waals surface area (Å²) < 4.78 is 21.2. The van der Waals surface area contributed by atoms with Crippen molar-refractivity contribution in [2.45, 2.75) is 13.5 Å². The van der Waals surface area contributed by atoms with E-state index in [1.165, 1.54) is 0 Å². The Morgan fingerprint density at radius 1 is 1.04 bits per heavy atom. The van der Waals surface area contributed by atoms with Crippen LogP contribution in [0.3, 0.4) is 0 Å². The smallest absolute Gasteiger partial charge is 0.374 e. The number of ether oxygens (including phenoxy) is 3. The average molecular weight is 389 g/mol. The summed E-state index contributed by atoms with van der Waals surface area (Å²) in [6.45, 7) is 1.51. The highest BCUT2D eigenvalue weighted by Gasteiger charge is 2.22. The van der Waals surface area contributed by atoms with Crippen LogP contribution in [0.15, 0.2) is 52.9 Å². The van der Waals surface area contributed by atoms with Crippen LogP contribution in [0.1, 0.15) is 23.0 Å². The third-order valence-electron chi connectivity index (χ3n) is 3.71. The topological polar surface area (TPSA) is 75.0 Å². The van der Waals surface area contributed by atoms with Gasteiger partial charge in [-0.3, -0.25) is 0 Å². The second-order valence-electron chi connectivity index (χ2n) is 5.53. The van der Waals surface area contributed by atoms with Gasteiger partial charge in [-0.05, 0) is 37.3 Å². The van der Waals surface area contributed by atoms with Crippen molar-refractivity contribution in [2.24, 2.45) is 0 Å². The molecule has 0 N–H and O–H groups in total. The first kappa shape index (κ1) is 18.8. The monoisotopic (exact) mass is 388 g/mol. The summed E-state index contributed by atoms with van der Waals surface area (Å²) in [7, 11) is 0. The molecular formula is C20H17ClO6. The fourth-order valence-electron chi connectivity index (χ4n) is 2.47. The summed E-state index contributed by atoms with van der Waals surface area (Å²) in [5.41, 5.74) is 0.980. The molecule has 0 spiro atoms. The highest BCUT2D eigenvalue weighted by atomic mass is 35.5. The zero-order valence-corrected chi connectivity index (χ0v) is 15.3. The van der Waals surface area contributed by atoms with Gasteiger partial charge in [0.05, 0.1) is 12.2 Å². The van der Waals surface area contributed by atoms with E-state index in [1.54, 1.807) is 49.4 Å². The van der Waals surface area contributed by atoms with E-state index in [-0.39, 0.29) is 25.6 Å². The molecule has 2 aromatic carbocycles. The van der Waals surface area contributed by atoms with Crippen LogP contribution in [-0.4, -0.2) is 25.2 Å². The molecule has 0 bridgehead atoms. The lowest BCUT2D eigenvalue weighted by atomic mass is 10.1. The first-order valence-corrected chi connectivity index (χ1v) is 8.67. The summed E-state index contributed by atoms with van der Waals surface area (Å²) in [6.07, 6.45) is 0. The number of carbonyl (C=O) groups is 2. The third kappa shape index (κ3) is 4.60. The minimum atomic E-state index is -0.600. The Morgan fingerprint density at radius 3 is 2.52 bits per heavy atom. The molecule has 0 unspecified atom stereocenters. The van der Waals surface area contributed by atoms with Gasteiger partial charge in [0.2, 0.25) is 5.76 Å². The van der Waals surface area contributed by atoms with Crippen LogP contribution >= 0.6 is 11.6 Å². The van der Waals surface area contributed by atoms with Crippen molar-refractivity contribution in [1.29, 1.82) is 0 Å². The number of hydrogen-bond acceptors (Lipinski definition) is 6. The standard InChI is InChI=1S/C20H17ClO6/c1-2-24-20(23)19-16(15-5-3-4-6-17(15)27-19)11-26-18(22)12-25-14-9-7-13(21)8-10-14/h3-10H,2,11-12H2,1H3. The molecule has 0 aliphatic carbocycles. The van der Waals surface area contributed by atoms with E-state index in [1.807, 2.05) is 6.07 Å². The lowest BCUT2D eigenvalue weighted by Crippen LogP contribution is -2.15. The zero-order chi connectivity index (χ0) is 19.2. The lowest BCUT2D eigenvalue weighted by molar-refractivity contribution is -0.147. The SMILES string of the molecule is CCOC(=O)c1oc2ccccc2c1COC(=O)COc1ccc(Cl)cc1. The second-order valence-corrected chi connectivity index (χ2v) is 5.97. The number of rotatable bonds is 7. The third-order valence-corrected chi connectivity index (χ3v) is 3.96. The maximum absolute atomic E-state index is 12.1. The molecule has 1 aromatic heterocycles. The number of esters is 2. The summed E-state index contributed by atoms with van der Waals surface area (Å²) in [6, 6.07) is 13.7. The van der Waals surface area contributed by atoms with Gasteiger partial charge in [-0.2, -0.15) is 0 Å². The van der Waals surface area contributed by atoms with Crippen LogP contribution in [0.5, 0.6) is 5.75 Å². The van der Waals surface area contributed by atoms with Crippen LogP contribution in [0, 0.1) is 0 Å². The fourth-order valence-corrected chi connectivity index (χ4v) is 2.60. The van der Waals surface area contributed by atoms with E-state index in [0.29, 0.717) is 27.3 Å². The van der Waals surface area contributed by atoms with Crippen molar-refractivity contribution in [3.63, 3.8) is 0 Å². The van der Waals surface area contributed by atoms with Crippen molar-refractivity contribution in [2.75, 3.05) is 13.2 Å². The maximum atomic E-state index is 12.1. The summed E-state index contributed by atoms with van der Waals surface area (Å²) in [5, 5.41) is 1.26. The average Bonchev–Trinajstić information content (AvgIpc) is 3.05. The Hall–Kier alpha value is -2.99. The Bertz CT molecular complexity index is 945. The molecule has 0 aliphatic rings. The summed E-state index contributed by atoms with van der Waals surface area (Å²) in [5.74, 6) is -0.649. The van der Waals surface area contributed by atoms with Crippen LogP contribution < -0.4 is 4.74 Å². The Kier molecular flexibility index (Phi) is 5.98. The van der Waals surface area contributed by atoms with E-state index >= 15 is 0 Å². The van der Waals surface area contributed by atoms with Gasteiger partial charge in [-0.1, -0.05) is 29.8 Å². The van der Waals surface area contributed by atoms with Gasteiger partial charge in [-0.15, -0.1) is 0 Å². The number of para-hydroxylation sites is 1. The molecule has 0 saturated heterocycles. The van der Waals surface area contributed by atoms with Crippen LogP contribution in [-0.2, 0) is 20.9 Å². The molecule has 3 aromatic rings. The van der Waals surface area contributed by atoms with E-state index in [9.17, 15) is 9.59 Å². The molecule has 0 fully saturated rings. The number of hydrogen-bond donors (Lipinski definition) is 0. The molecule has 0 saturated carbocycles. The first-order chi connectivity index (χ1) is 13.1. The van der Waals surface area contributed by atoms with Crippen molar-refractivity contribution < 1.29 is 28.2 Å². The van der Waals surface area contributed by atoms with Crippen LogP contribution in [0.2, 0.25) is 5.02 Å². The number of carbonyl (C=O) groups excluding carboxylic acids is 2. The van der Waals surface area contributed by atoms with E-state index in [4.69, 9.17) is 30.2 Å². The van der Waals surface area contributed by atoms with Crippen molar-refractivity contribution in [3.8, 4) is 5.75 Å². The first-order valence-electron chi connectivity index (χ1n) is 8.30. The molecule has 6 nitrogen and oxygen atoms in total. The summed E-state index contributed by atoms with van der Waals surface area (Å²) >= 11 is 5.80. The summed E-state index contributed by atoms with van der Waals surface area (Å²) in [4.78, 5) is 24.1. The quantitative estimate of drug-likeness (QED) is 0.559. The predicted octanol–water partition coefficient (Wildman–Crippen LogP) is 4.39. The zero-order valence-electron chi connectivity index (χ0n) is 14.6. The normalized spacial score (nSPS) is 10.6. The van der Waals surface area contributed by atoms with Crippen molar-refractivity contribution >= 4 is 34.5 Å². The van der Waals surface area contributed by atoms with E-state index < -0.39 is 11.9 Å². The molecule has 0 aliphatic heterocycles. The van der Waals surface area contributed by atoms with Crippen molar-refractivity contribution in [1.82, 2.24) is 0 Å². The highest BCUT2D eigenvalue weighted by Crippen LogP contribution is 2.27. The van der Waals surface area contributed by atoms with Crippen molar-refractivity contribution in [3.05, 3.63) is 64.9 Å². The van der Waals surface area contributed by atoms with Gasteiger partial charge < -0.3 is 18.6 Å².